The van der Waals surface area contributed by atoms with E-state index in [1.54, 1.807) is 16.7 Å². The summed E-state index contributed by atoms with van der Waals surface area (Å²) in [5.74, 6) is 0.822. The Morgan fingerprint density at radius 2 is 2.16 bits per heavy atom. The first kappa shape index (κ1) is 12.2. The molecule has 2 N–H and O–H groups in total. The number of aromatic nitrogens is 1. The van der Waals surface area contributed by atoms with E-state index in [0.717, 1.165) is 24.4 Å². The number of hydrogen-bond donors (Lipinski definition) is 2. The van der Waals surface area contributed by atoms with Gasteiger partial charge in [-0.2, -0.15) is 8.42 Å². The first-order chi connectivity index (χ1) is 9.05. The Bertz CT molecular complexity index is 762. The molecule has 0 amide bonds. The third-order valence-corrected chi connectivity index (χ3v) is 3.97. The minimum atomic E-state index is -4.22. The van der Waals surface area contributed by atoms with Gasteiger partial charge in [0.15, 0.2) is 0 Å². The van der Waals surface area contributed by atoms with E-state index < -0.39 is 10.1 Å². The van der Waals surface area contributed by atoms with Crippen molar-refractivity contribution in [1.29, 1.82) is 0 Å². The van der Waals surface area contributed by atoms with Crippen LogP contribution in [0.25, 0.3) is 10.9 Å². The van der Waals surface area contributed by atoms with E-state index >= 15 is 0 Å². The maximum absolute atomic E-state index is 11.4. The predicted molar refractivity (Wildman–Crippen MR) is 72.1 cm³/mol. The Labute approximate surface area is 110 Å². The number of aliphatic imine (C=N–C) groups is 1. The van der Waals surface area contributed by atoms with Gasteiger partial charge in [0.1, 0.15) is 10.7 Å². The number of nitrogens with one attached hydrogen (secondary N) is 1. The van der Waals surface area contributed by atoms with Crippen molar-refractivity contribution >= 4 is 26.9 Å². The van der Waals surface area contributed by atoms with Crippen molar-refractivity contribution < 1.29 is 13.0 Å². The van der Waals surface area contributed by atoms with Crippen molar-refractivity contribution in [2.45, 2.75) is 11.4 Å². The van der Waals surface area contributed by atoms with Crippen LogP contribution in [0.5, 0.6) is 0 Å². The van der Waals surface area contributed by atoms with E-state index in [2.05, 4.69) is 10.3 Å². The molecule has 19 heavy (non-hydrogen) atoms. The van der Waals surface area contributed by atoms with Crippen LogP contribution in [0.15, 0.2) is 40.4 Å². The lowest BCUT2D eigenvalue weighted by Gasteiger charge is -2.05. The predicted octanol–water partition coefficient (Wildman–Crippen LogP) is 0.890. The Morgan fingerprint density at radius 1 is 1.37 bits per heavy atom. The molecule has 2 aromatic rings. The zero-order valence-electron chi connectivity index (χ0n) is 10.1. The van der Waals surface area contributed by atoms with Crippen LogP contribution in [0.3, 0.4) is 0 Å². The third kappa shape index (κ3) is 2.22. The minimum absolute atomic E-state index is 0.0679. The lowest BCUT2D eigenvalue weighted by atomic mass is 10.2. The van der Waals surface area contributed by atoms with E-state index in [-0.39, 0.29) is 4.90 Å². The van der Waals surface area contributed by atoms with E-state index in [1.165, 1.54) is 6.20 Å². The summed E-state index contributed by atoms with van der Waals surface area (Å²) in [6.07, 6.45) is 1.45. The Morgan fingerprint density at radius 3 is 2.84 bits per heavy atom. The molecule has 0 saturated heterocycles. The lowest BCUT2D eigenvalue weighted by Crippen LogP contribution is -2.23. The second kappa shape index (κ2) is 4.36. The quantitative estimate of drug-likeness (QED) is 0.817. The van der Waals surface area contributed by atoms with Crippen LogP contribution in [0.1, 0.15) is 0 Å². The van der Waals surface area contributed by atoms with Gasteiger partial charge in [-0.3, -0.25) is 9.55 Å². The summed E-state index contributed by atoms with van der Waals surface area (Å²) in [6.45, 7) is 2.01. The fourth-order valence-corrected chi connectivity index (χ4v) is 2.97. The summed E-state index contributed by atoms with van der Waals surface area (Å²) in [5.41, 5.74) is 0.756. The first-order valence-electron chi connectivity index (χ1n) is 5.88. The summed E-state index contributed by atoms with van der Waals surface area (Å²) in [7, 11) is -4.22. The van der Waals surface area contributed by atoms with Gasteiger partial charge in [-0.15, -0.1) is 0 Å². The van der Waals surface area contributed by atoms with Gasteiger partial charge in [-0.1, -0.05) is 18.2 Å². The first-order valence-corrected chi connectivity index (χ1v) is 7.32. The van der Waals surface area contributed by atoms with E-state index in [4.69, 9.17) is 0 Å². The standard InChI is InChI=1S/C12H13N3O3S/c16-19(17,18)11-7-15(8-12-13-5-6-14-12)10-4-2-1-3-9(10)11/h1-4,7H,5-6,8H2,(H,13,14)(H,16,17,18). The average molecular weight is 279 g/mol. The largest absolute Gasteiger partial charge is 0.370 e. The van der Waals surface area contributed by atoms with Crippen molar-refractivity contribution in [2.75, 3.05) is 13.1 Å². The van der Waals surface area contributed by atoms with Gasteiger partial charge in [-0.25, -0.2) is 0 Å². The van der Waals surface area contributed by atoms with Crippen LogP contribution in [0.4, 0.5) is 0 Å². The molecule has 7 heteroatoms. The smallest absolute Gasteiger partial charge is 0.296 e. The van der Waals surface area contributed by atoms with Gasteiger partial charge in [0.05, 0.1) is 13.1 Å². The van der Waals surface area contributed by atoms with E-state index in [9.17, 15) is 13.0 Å². The molecule has 0 aliphatic carbocycles. The molecule has 1 aromatic heterocycles. The van der Waals surface area contributed by atoms with E-state index in [0.29, 0.717) is 11.9 Å². The number of hydrogen-bond acceptors (Lipinski definition) is 4. The number of amidine groups is 1. The SMILES string of the molecule is O=S(=O)(O)c1cn(CC2=NCCN2)c2ccccc12. The molecule has 1 aliphatic rings. The molecule has 100 valence electrons. The molecule has 6 nitrogen and oxygen atoms in total. The van der Waals surface area contributed by atoms with Gasteiger partial charge in [0, 0.05) is 23.6 Å². The summed E-state index contributed by atoms with van der Waals surface area (Å²) >= 11 is 0. The highest BCUT2D eigenvalue weighted by molar-refractivity contribution is 7.86. The van der Waals surface area contributed by atoms with Crippen molar-refractivity contribution in [3.8, 4) is 0 Å². The fraction of sp³-hybridized carbons (Fsp3) is 0.250. The molecule has 1 aliphatic heterocycles. The third-order valence-electron chi connectivity index (χ3n) is 3.09. The molecular weight excluding hydrogens is 266 g/mol. The topological polar surface area (TPSA) is 83.7 Å². The summed E-state index contributed by atoms with van der Waals surface area (Å²) in [6, 6.07) is 7.07. The Hall–Kier alpha value is -1.86. The lowest BCUT2D eigenvalue weighted by molar-refractivity contribution is 0.484. The van der Waals surface area contributed by atoms with Crippen LogP contribution in [0, 0.1) is 0 Å². The Balaban J connectivity index is 2.14. The van der Waals surface area contributed by atoms with Gasteiger partial charge < -0.3 is 9.88 Å². The molecule has 0 bridgehead atoms. The second-order valence-corrected chi connectivity index (χ2v) is 5.76. The van der Waals surface area contributed by atoms with Gasteiger partial charge in [0.25, 0.3) is 10.1 Å². The van der Waals surface area contributed by atoms with Crippen LogP contribution in [0.2, 0.25) is 0 Å². The van der Waals surface area contributed by atoms with Crippen molar-refractivity contribution in [3.63, 3.8) is 0 Å². The van der Waals surface area contributed by atoms with Crippen molar-refractivity contribution in [2.24, 2.45) is 4.99 Å². The number of fused-ring (bicyclic) bond motifs is 1. The highest BCUT2D eigenvalue weighted by Gasteiger charge is 2.19. The summed E-state index contributed by atoms with van der Waals surface area (Å²) in [5, 5.41) is 3.65. The molecule has 3 rings (SSSR count). The number of nitrogens with zero attached hydrogens (tertiary/aromatic N) is 2. The average Bonchev–Trinajstić information content (AvgIpc) is 2.97. The highest BCUT2D eigenvalue weighted by atomic mass is 32.2. The van der Waals surface area contributed by atoms with E-state index in [1.807, 2.05) is 12.1 Å². The van der Waals surface area contributed by atoms with Crippen LogP contribution < -0.4 is 5.32 Å². The molecule has 0 spiro atoms. The van der Waals surface area contributed by atoms with Crippen LogP contribution >= 0.6 is 0 Å². The van der Waals surface area contributed by atoms with Crippen LogP contribution in [-0.2, 0) is 16.7 Å². The monoisotopic (exact) mass is 279 g/mol. The van der Waals surface area contributed by atoms with Gasteiger partial charge in [-0.05, 0) is 6.07 Å². The summed E-state index contributed by atoms with van der Waals surface area (Å²) in [4.78, 5) is 4.21. The Kier molecular flexibility index (Phi) is 2.79. The molecular formula is C12H13N3O3S. The molecule has 1 aromatic carbocycles. The van der Waals surface area contributed by atoms with Crippen LogP contribution in [-0.4, -0.2) is 36.5 Å². The summed E-state index contributed by atoms with van der Waals surface area (Å²) < 4.78 is 33.8. The zero-order chi connectivity index (χ0) is 13.5. The molecule has 0 saturated carbocycles. The van der Waals surface area contributed by atoms with Gasteiger partial charge >= 0.3 is 0 Å². The number of para-hydroxylation sites is 1. The molecule has 0 fully saturated rings. The van der Waals surface area contributed by atoms with Gasteiger partial charge in [0.2, 0.25) is 0 Å². The number of benzene rings is 1. The second-order valence-electron chi connectivity index (χ2n) is 4.37. The zero-order valence-corrected chi connectivity index (χ0v) is 10.9. The maximum atomic E-state index is 11.4. The molecule has 0 atom stereocenters. The molecule has 2 heterocycles. The maximum Gasteiger partial charge on any atom is 0.296 e. The van der Waals surface area contributed by atoms with Crippen molar-refractivity contribution in [3.05, 3.63) is 30.5 Å². The molecule has 0 radical (unpaired) electrons. The fourth-order valence-electron chi connectivity index (χ4n) is 2.26. The highest BCUT2D eigenvalue weighted by Crippen LogP contribution is 2.25. The normalized spacial score (nSPS) is 15.5. The molecule has 0 unspecified atom stereocenters. The minimum Gasteiger partial charge on any atom is -0.370 e. The number of rotatable bonds is 3. The van der Waals surface area contributed by atoms with Crippen molar-refractivity contribution in [1.82, 2.24) is 9.88 Å².